The van der Waals surface area contributed by atoms with Gasteiger partial charge in [0, 0.05) is 12.4 Å². The zero-order valence-electron chi connectivity index (χ0n) is 10.3. The smallest absolute Gasteiger partial charge is 0.408 e. The van der Waals surface area contributed by atoms with E-state index in [9.17, 15) is 9.59 Å². The second-order valence-corrected chi connectivity index (χ2v) is 4.04. The molecule has 0 aliphatic carbocycles. The average molecular weight is 270 g/mol. The first kappa shape index (κ1) is 12.1. The number of fused-ring (bicyclic) bond motifs is 1. The Morgan fingerprint density at radius 3 is 2.75 bits per heavy atom. The molecule has 0 bridgehead atoms. The lowest BCUT2D eigenvalue weighted by molar-refractivity contribution is -0.116. The van der Waals surface area contributed by atoms with E-state index in [0.717, 1.165) is 0 Å². The first-order chi connectivity index (χ1) is 9.74. The maximum absolute atomic E-state index is 11.9. The van der Waals surface area contributed by atoms with E-state index in [0.29, 0.717) is 11.1 Å². The zero-order valence-corrected chi connectivity index (χ0v) is 10.3. The molecule has 100 valence electrons. The van der Waals surface area contributed by atoms with E-state index in [-0.39, 0.29) is 12.5 Å². The number of oxazole rings is 1. The molecular formula is C13H10N4O3. The van der Waals surface area contributed by atoms with Gasteiger partial charge in [0.05, 0.1) is 5.52 Å². The lowest BCUT2D eigenvalue weighted by Crippen LogP contribution is -2.25. The number of rotatable bonds is 3. The van der Waals surface area contributed by atoms with E-state index < -0.39 is 11.7 Å². The van der Waals surface area contributed by atoms with Crippen LogP contribution in [0, 0.1) is 0 Å². The van der Waals surface area contributed by atoms with E-state index in [1.54, 1.807) is 30.3 Å². The van der Waals surface area contributed by atoms with Crippen LogP contribution >= 0.6 is 0 Å². The van der Waals surface area contributed by atoms with Gasteiger partial charge in [-0.05, 0) is 18.2 Å². The van der Waals surface area contributed by atoms with E-state index >= 15 is 0 Å². The molecule has 0 atom stereocenters. The molecule has 0 saturated carbocycles. The summed E-state index contributed by atoms with van der Waals surface area (Å²) >= 11 is 0. The zero-order chi connectivity index (χ0) is 13.9. The molecule has 0 unspecified atom stereocenters. The summed E-state index contributed by atoms with van der Waals surface area (Å²) in [6.07, 6.45) is 3.03. The summed E-state index contributed by atoms with van der Waals surface area (Å²) in [6, 6.07) is 8.56. The maximum atomic E-state index is 11.9. The van der Waals surface area contributed by atoms with Crippen molar-refractivity contribution in [3.05, 3.63) is 53.3 Å². The molecule has 0 saturated heterocycles. The SMILES string of the molecule is O=C(Cn1c(=O)oc2ccccc21)Nc1ncccn1. The number of para-hydroxylation sites is 2. The Labute approximate surface area is 112 Å². The Bertz CT molecular complexity index is 807. The van der Waals surface area contributed by atoms with Gasteiger partial charge < -0.3 is 4.42 Å². The number of amides is 1. The third-order valence-electron chi connectivity index (χ3n) is 2.69. The van der Waals surface area contributed by atoms with Gasteiger partial charge in [-0.25, -0.2) is 14.8 Å². The molecule has 0 aliphatic heterocycles. The predicted octanol–water partition coefficient (Wildman–Crippen LogP) is 1.02. The van der Waals surface area contributed by atoms with Crippen molar-refractivity contribution >= 4 is 23.0 Å². The first-order valence-corrected chi connectivity index (χ1v) is 5.89. The van der Waals surface area contributed by atoms with Crippen LogP contribution in [0.2, 0.25) is 0 Å². The van der Waals surface area contributed by atoms with Gasteiger partial charge in [-0.3, -0.25) is 14.7 Å². The first-order valence-electron chi connectivity index (χ1n) is 5.89. The molecule has 7 nitrogen and oxygen atoms in total. The van der Waals surface area contributed by atoms with Crippen molar-refractivity contribution in [2.75, 3.05) is 5.32 Å². The summed E-state index contributed by atoms with van der Waals surface area (Å²) < 4.78 is 6.30. The molecule has 3 rings (SSSR count). The fraction of sp³-hybridized carbons (Fsp3) is 0.0769. The molecule has 3 aromatic rings. The summed E-state index contributed by atoms with van der Waals surface area (Å²) in [5.74, 6) is -0.779. The van der Waals surface area contributed by atoms with Crippen molar-refractivity contribution in [1.82, 2.24) is 14.5 Å². The van der Waals surface area contributed by atoms with Gasteiger partial charge in [-0.15, -0.1) is 0 Å². The van der Waals surface area contributed by atoms with Crippen molar-refractivity contribution in [3.63, 3.8) is 0 Å². The Kier molecular flexibility index (Phi) is 3.00. The Balaban J connectivity index is 1.85. The number of hydrogen-bond acceptors (Lipinski definition) is 5. The molecule has 1 aromatic carbocycles. The Hall–Kier alpha value is -2.96. The fourth-order valence-corrected chi connectivity index (χ4v) is 1.84. The molecule has 1 N–H and O–H groups in total. The normalized spacial score (nSPS) is 10.6. The summed E-state index contributed by atoms with van der Waals surface area (Å²) in [5.41, 5.74) is 1.02. The van der Waals surface area contributed by atoms with Crippen LogP contribution in [-0.4, -0.2) is 20.4 Å². The highest BCUT2D eigenvalue weighted by Crippen LogP contribution is 2.11. The second-order valence-electron chi connectivity index (χ2n) is 4.04. The topological polar surface area (TPSA) is 90.0 Å². The van der Waals surface area contributed by atoms with Crippen LogP contribution in [0.25, 0.3) is 11.1 Å². The van der Waals surface area contributed by atoms with Crippen molar-refractivity contribution in [2.45, 2.75) is 6.54 Å². The minimum atomic E-state index is -0.574. The van der Waals surface area contributed by atoms with Gasteiger partial charge in [0.25, 0.3) is 0 Å². The Morgan fingerprint density at radius 1 is 1.20 bits per heavy atom. The molecular weight excluding hydrogens is 260 g/mol. The highest BCUT2D eigenvalue weighted by molar-refractivity contribution is 5.89. The molecule has 0 aliphatic rings. The summed E-state index contributed by atoms with van der Waals surface area (Å²) in [7, 11) is 0. The largest absolute Gasteiger partial charge is 0.420 e. The molecule has 0 fully saturated rings. The molecule has 0 spiro atoms. The third-order valence-corrected chi connectivity index (χ3v) is 2.69. The number of carbonyl (C=O) groups is 1. The Morgan fingerprint density at radius 2 is 1.95 bits per heavy atom. The number of anilines is 1. The number of carbonyl (C=O) groups excluding carboxylic acids is 1. The number of aromatic nitrogens is 3. The van der Waals surface area contributed by atoms with Gasteiger partial charge in [-0.2, -0.15) is 0 Å². The highest BCUT2D eigenvalue weighted by Gasteiger charge is 2.12. The minimum absolute atomic E-state index is 0.159. The average Bonchev–Trinajstić information content (AvgIpc) is 2.76. The van der Waals surface area contributed by atoms with Crippen LogP contribution in [0.15, 0.2) is 51.9 Å². The fourth-order valence-electron chi connectivity index (χ4n) is 1.84. The van der Waals surface area contributed by atoms with E-state index in [1.807, 2.05) is 0 Å². The molecule has 7 heteroatoms. The van der Waals surface area contributed by atoms with Crippen LogP contribution in [0.5, 0.6) is 0 Å². The quantitative estimate of drug-likeness (QED) is 0.767. The van der Waals surface area contributed by atoms with Gasteiger partial charge in [0.15, 0.2) is 5.58 Å². The van der Waals surface area contributed by atoms with E-state index in [2.05, 4.69) is 15.3 Å². The molecule has 0 radical (unpaired) electrons. The number of nitrogens with zero attached hydrogens (tertiary/aromatic N) is 3. The molecule has 20 heavy (non-hydrogen) atoms. The second kappa shape index (κ2) is 4.96. The summed E-state index contributed by atoms with van der Waals surface area (Å²) in [5, 5.41) is 2.51. The lowest BCUT2D eigenvalue weighted by Gasteiger charge is -2.03. The summed E-state index contributed by atoms with van der Waals surface area (Å²) in [6.45, 7) is -0.159. The third kappa shape index (κ3) is 2.28. The van der Waals surface area contributed by atoms with Gasteiger partial charge in [0.1, 0.15) is 6.54 Å². The van der Waals surface area contributed by atoms with Crippen LogP contribution in [-0.2, 0) is 11.3 Å². The number of benzene rings is 1. The van der Waals surface area contributed by atoms with Crippen molar-refractivity contribution < 1.29 is 9.21 Å². The van der Waals surface area contributed by atoms with Crippen LogP contribution in [0.1, 0.15) is 0 Å². The minimum Gasteiger partial charge on any atom is -0.408 e. The summed E-state index contributed by atoms with van der Waals surface area (Å²) in [4.78, 5) is 31.4. The van der Waals surface area contributed by atoms with Crippen molar-refractivity contribution in [3.8, 4) is 0 Å². The maximum Gasteiger partial charge on any atom is 0.420 e. The van der Waals surface area contributed by atoms with Crippen LogP contribution in [0.3, 0.4) is 0 Å². The number of hydrogen-bond donors (Lipinski definition) is 1. The van der Waals surface area contributed by atoms with Gasteiger partial charge in [-0.1, -0.05) is 12.1 Å². The molecule has 2 aromatic heterocycles. The van der Waals surface area contributed by atoms with Crippen LogP contribution < -0.4 is 11.1 Å². The molecule has 2 heterocycles. The van der Waals surface area contributed by atoms with Gasteiger partial charge in [0.2, 0.25) is 11.9 Å². The lowest BCUT2D eigenvalue weighted by atomic mass is 10.3. The highest BCUT2D eigenvalue weighted by atomic mass is 16.4. The standard InChI is InChI=1S/C13H10N4O3/c18-11(16-12-14-6-3-7-15-12)8-17-9-4-1-2-5-10(9)20-13(17)19/h1-7H,8H2,(H,14,15,16,18). The van der Waals surface area contributed by atoms with Gasteiger partial charge >= 0.3 is 5.76 Å². The van der Waals surface area contributed by atoms with E-state index in [4.69, 9.17) is 4.42 Å². The van der Waals surface area contributed by atoms with E-state index in [1.165, 1.54) is 17.0 Å². The predicted molar refractivity (Wildman–Crippen MR) is 71.1 cm³/mol. The van der Waals surface area contributed by atoms with Crippen molar-refractivity contribution in [1.29, 1.82) is 0 Å². The molecule has 1 amide bonds. The monoisotopic (exact) mass is 270 g/mol. The van der Waals surface area contributed by atoms with Crippen LogP contribution in [0.4, 0.5) is 5.95 Å². The number of nitrogens with one attached hydrogen (secondary N) is 1. The van der Waals surface area contributed by atoms with Crippen molar-refractivity contribution in [2.24, 2.45) is 0 Å².